The topological polar surface area (TPSA) is 20.2 Å². The molecule has 94 valence electrons. The highest BCUT2D eigenvalue weighted by Crippen LogP contribution is 2.28. The Bertz CT molecular complexity index is 537. The van der Waals surface area contributed by atoms with E-state index in [9.17, 15) is 5.11 Å². The van der Waals surface area contributed by atoms with Crippen molar-refractivity contribution in [1.82, 2.24) is 0 Å². The second-order valence-corrected chi connectivity index (χ2v) is 6.24. The van der Waals surface area contributed by atoms with E-state index in [4.69, 9.17) is 0 Å². The van der Waals surface area contributed by atoms with Crippen LogP contribution in [0.15, 0.2) is 46.9 Å². The van der Waals surface area contributed by atoms with E-state index in [2.05, 4.69) is 57.6 Å². The molecule has 1 unspecified atom stereocenters. The SMILES string of the molecule is CCc1ccc(C(O)c2cc(Br)ccc2I)cc1. The third kappa shape index (κ3) is 3.13. The molecule has 0 aliphatic rings. The number of aliphatic hydroxyl groups excluding tert-OH is 1. The van der Waals surface area contributed by atoms with E-state index in [1.165, 1.54) is 5.56 Å². The van der Waals surface area contributed by atoms with Crippen LogP contribution in [0.5, 0.6) is 0 Å². The van der Waals surface area contributed by atoms with Crippen molar-refractivity contribution in [2.45, 2.75) is 19.4 Å². The molecule has 2 aromatic carbocycles. The minimum Gasteiger partial charge on any atom is -0.384 e. The van der Waals surface area contributed by atoms with Gasteiger partial charge in [0, 0.05) is 8.04 Å². The average molecular weight is 417 g/mol. The van der Waals surface area contributed by atoms with Gasteiger partial charge >= 0.3 is 0 Å². The number of aliphatic hydroxyl groups is 1. The summed E-state index contributed by atoms with van der Waals surface area (Å²) < 4.78 is 2.06. The number of rotatable bonds is 3. The van der Waals surface area contributed by atoms with Gasteiger partial charge in [0.15, 0.2) is 0 Å². The van der Waals surface area contributed by atoms with Crippen molar-refractivity contribution in [1.29, 1.82) is 0 Å². The Balaban J connectivity index is 2.34. The quantitative estimate of drug-likeness (QED) is 0.719. The van der Waals surface area contributed by atoms with E-state index in [0.717, 1.165) is 25.6 Å². The van der Waals surface area contributed by atoms with Crippen LogP contribution in [0.2, 0.25) is 0 Å². The molecule has 1 N–H and O–H groups in total. The highest BCUT2D eigenvalue weighted by molar-refractivity contribution is 14.1. The van der Waals surface area contributed by atoms with Crippen molar-refractivity contribution < 1.29 is 5.11 Å². The van der Waals surface area contributed by atoms with Crippen molar-refractivity contribution >= 4 is 38.5 Å². The smallest absolute Gasteiger partial charge is 0.105 e. The number of aryl methyl sites for hydroxylation is 1. The Labute approximate surface area is 130 Å². The molecule has 0 saturated heterocycles. The van der Waals surface area contributed by atoms with Crippen LogP contribution in [0.25, 0.3) is 0 Å². The standard InChI is InChI=1S/C15H14BrIO/c1-2-10-3-5-11(6-4-10)15(18)13-9-12(16)7-8-14(13)17/h3-9,15,18H,2H2,1H3. The normalized spacial score (nSPS) is 12.4. The monoisotopic (exact) mass is 416 g/mol. The number of benzene rings is 2. The largest absolute Gasteiger partial charge is 0.384 e. The van der Waals surface area contributed by atoms with Crippen LogP contribution in [0.1, 0.15) is 29.7 Å². The molecule has 0 bridgehead atoms. The maximum atomic E-state index is 10.4. The van der Waals surface area contributed by atoms with Crippen LogP contribution >= 0.6 is 38.5 Å². The van der Waals surface area contributed by atoms with Crippen LogP contribution in [-0.4, -0.2) is 5.11 Å². The maximum absolute atomic E-state index is 10.4. The van der Waals surface area contributed by atoms with Gasteiger partial charge in [-0.2, -0.15) is 0 Å². The molecule has 0 spiro atoms. The van der Waals surface area contributed by atoms with Gasteiger partial charge in [0.2, 0.25) is 0 Å². The Kier molecular flexibility index (Phi) is 4.81. The van der Waals surface area contributed by atoms with Gasteiger partial charge in [-0.15, -0.1) is 0 Å². The number of hydrogen-bond acceptors (Lipinski definition) is 1. The molecule has 2 aromatic rings. The summed E-state index contributed by atoms with van der Waals surface area (Å²) in [7, 11) is 0. The molecule has 2 rings (SSSR count). The lowest BCUT2D eigenvalue weighted by atomic mass is 10.00. The van der Waals surface area contributed by atoms with Gasteiger partial charge in [-0.1, -0.05) is 47.1 Å². The van der Waals surface area contributed by atoms with E-state index < -0.39 is 6.10 Å². The lowest BCUT2D eigenvalue weighted by Gasteiger charge is -2.14. The first kappa shape index (κ1) is 14.0. The summed E-state index contributed by atoms with van der Waals surface area (Å²) in [6.07, 6.45) is 0.449. The third-order valence-electron chi connectivity index (χ3n) is 2.96. The first-order chi connectivity index (χ1) is 8.61. The highest BCUT2D eigenvalue weighted by atomic mass is 127. The molecule has 0 aliphatic carbocycles. The molecule has 3 heteroatoms. The Morgan fingerprint density at radius 3 is 2.44 bits per heavy atom. The van der Waals surface area contributed by atoms with Crippen LogP contribution in [0.4, 0.5) is 0 Å². The fourth-order valence-electron chi connectivity index (χ4n) is 1.84. The minimum atomic E-state index is -0.569. The first-order valence-corrected chi connectivity index (χ1v) is 7.71. The first-order valence-electron chi connectivity index (χ1n) is 5.83. The zero-order chi connectivity index (χ0) is 13.1. The van der Waals surface area contributed by atoms with E-state index in [1.807, 2.05) is 30.3 Å². The molecule has 1 nitrogen and oxygen atoms in total. The van der Waals surface area contributed by atoms with E-state index in [0.29, 0.717) is 0 Å². The molecule has 0 heterocycles. The summed E-state index contributed by atoms with van der Waals surface area (Å²) in [5.41, 5.74) is 3.16. The van der Waals surface area contributed by atoms with Crippen molar-refractivity contribution in [3.05, 3.63) is 67.2 Å². The summed E-state index contributed by atoms with van der Waals surface area (Å²) in [4.78, 5) is 0. The summed E-state index contributed by atoms with van der Waals surface area (Å²) in [5.74, 6) is 0. The minimum absolute atomic E-state index is 0.569. The summed E-state index contributed by atoms with van der Waals surface area (Å²) in [6, 6.07) is 14.1. The fraction of sp³-hybridized carbons (Fsp3) is 0.200. The molecule has 0 aliphatic heterocycles. The van der Waals surface area contributed by atoms with Crippen molar-refractivity contribution in [3.63, 3.8) is 0 Å². The molecule has 0 saturated carbocycles. The molecule has 0 fully saturated rings. The predicted octanol–water partition coefficient (Wildman–Crippen LogP) is 4.70. The Morgan fingerprint density at radius 2 is 1.83 bits per heavy atom. The van der Waals surface area contributed by atoms with Gasteiger partial charge in [-0.3, -0.25) is 0 Å². The molecule has 1 atom stereocenters. The second-order valence-electron chi connectivity index (χ2n) is 4.16. The lowest BCUT2D eigenvalue weighted by Crippen LogP contribution is -2.02. The van der Waals surface area contributed by atoms with Crippen LogP contribution in [-0.2, 0) is 6.42 Å². The predicted molar refractivity (Wildman–Crippen MR) is 86.7 cm³/mol. The van der Waals surface area contributed by atoms with Crippen molar-refractivity contribution in [3.8, 4) is 0 Å². The Hall–Kier alpha value is -0.390. The van der Waals surface area contributed by atoms with Gasteiger partial charge in [0.25, 0.3) is 0 Å². The van der Waals surface area contributed by atoms with Crippen molar-refractivity contribution in [2.75, 3.05) is 0 Å². The number of hydrogen-bond donors (Lipinski definition) is 1. The number of halogens is 2. The zero-order valence-electron chi connectivity index (χ0n) is 10.0. The molecule has 18 heavy (non-hydrogen) atoms. The summed E-state index contributed by atoms with van der Waals surface area (Å²) in [6.45, 7) is 2.13. The fourth-order valence-corrected chi connectivity index (χ4v) is 2.85. The van der Waals surface area contributed by atoms with Crippen LogP contribution in [0, 0.1) is 3.57 Å². The second kappa shape index (κ2) is 6.17. The highest BCUT2D eigenvalue weighted by Gasteiger charge is 2.13. The average Bonchev–Trinajstić information content (AvgIpc) is 2.41. The van der Waals surface area contributed by atoms with E-state index in [1.54, 1.807) is 0 Å². The van der Waals surface area contributed by atoms with Gasteiger partial charge < -0.3 is 5.11 Å². The molecule has 0 amide bonds. The van der Waals surface area contributed by atoms with E-state index in [-0.39, 0.29) is 0 Å². The van der Waals surface area contributed by atoms with Gasteiger partial charge in [-0.05, 0) is 63.9 Å². The van der Waals surface area contributed by atoms with Crippen LogP contribution < -0.4 is 0 Å². The maximum Gasteiger partial charge on any atom is 0.105 e. The van der Waals surface area contributed by atoms with Gasteiger partial charge in [0.05, 0.1) is 0 Å². The lowest BCUT2D eigenvalue weighted by molar-refractivity contribution is 0.219. The van der Waals surface area contributed by atoms with Gasteiger partial charge in [-0.25, -0.2) is 0 Å². The van der Waals surface area contributed by atoms with Crippen LogP contribution in [0.3, 0.4) is 0 Å². The van der Waals surface area contributed by atoms with E-state index >= 15 is 0 Å². The molecule has 0 radical (unpaired) electrons. The summed E-state index contributed by atoms with van der Waals surface area (Å²) >= 11 is 5.70. The molecular formula is C15H14BrIO. The van der Waals surface area contributed by atoms with Gasteiger partial charge in [0.1, 0.15) is 6.10 Å². The van der Waals surface area contributed by atoms with Crippen molar-refractivity contribution in [2.24, 2.45) is 0 Å². The Morgan fingerprint density at radius 1 is 1.17 bits per heavy atom. The zero-order valence-corrected chi connectivity index (χ0v) is 13.8. The summed E-state index contributed by atoms with van der Waals surface area (Å²) in [5, 5.41) is 10.4. The molecular weight excluding hydrogens is 403 g/mol. The third-order valence-corrected chi connectivity index (χ3v) is 4.43. The molecule has 0 aromatic heterocycles.